The number of anilines is 1. The number of benzene rings is 2. The molecular formula is C19H19NO4S. The minimum Gasteiger partial charge on any atom is -0.478 e. The Morgan fingerprint density at radius 2 is 1.68 bits per heavy atom. The molecule has 0 heterocycles. The first kappa shape index (κ1) is 18.7. The summed E-state index contributed by atoms with van der Waals surface area (Å²) in [5.41, 5.74) is 1.28. The lowest BCUT2D eigenvalue weighted by Gasteiger charge is -2.17. The summed E-state index contributed by atoms with van der Waals surface area (Å²) in [5, 5.41) is 11.9. The van der Waals surface area contributed by atoms with Crippen molar-refractivity contribution in [3.63, 3.8) is 0 Å². The number of nitrogens with one attached hydrogen (secondary N) is 1. The van der Waals surface area contributed by atoms with Crippen molar-refractivity contribution in [2.24, 2.45) is 5.92 Å². The molecule has 2 aromatic carbocycles. The molecule has 0 bridgehead atoms. The van der Waals surface area contributed by atoms with Gasteiger partial charge in [0.25, 0.3) is 0 Å². The number of aromatic carboxylic acids is 1. The molecule has 2 rings (SSSR count). The zero-order valence-corrected chi connectivity index (χ0v) is 14.6. The lowest BCUT2D eigenvalue weighted by Crippen LogP contribution is -2.27. The molecule has 1 unspecified atom stereocenters. The fraction of sp³-hybridized carbons (Fsp3) is 0.211. The first-order valence-corrected chi connectivity index (χ1v) is 8.76. The standard InChI is InChI=1S/C19H19NO4S/c1-13(21)25-12-15(11-14-7-3-2-4-8-14)18(22)20-17-10-6-5-9-16(17)19(23)24/h2-10,15H,11-12H2,1H3,(H,20,22)(H,23,24). The Labute approximate surface area is 150 Å². The second-order valence-corrected chi connectivity index (χ2v) is 6.73. The van der Waals surface area contributed by atoms with Crippen LogP contribution >= 0.6 is 11.8 Å². The molecule has 130 valence electrons. The average Bonchev–Trinajstić information content (AvgIpc) is 2.59. The van der Waals surface area contributed by atoms with E-state index in [1.54, 1.807) is 18.2 Å². The van der Waals surface area contributed by atoms with Crippen LogP contribution in [-0.4, -0.2) is 27.9 Å². The van der Waals surface area contributed by atoms with E-state index in [1.165, 1.54) is 13.0 Å². The van der Waals surface area contributed by atoms with Gasteiger partial charge in [0.1, 0.15) is 0 Å². The molecule has 0 aromatic heterocycles. The molecule has 0 aliphatic carbocycles. The smallest absolute Gasteiger partial charge is 0.337 e. The summed E-state index contributed by atoms with van der Waals surface area (Å²) in [6, 6.07) is 15.8. The van der Waals surface area contributed by atoms with E-state index in [0.29, 0.717) is 12.2 Å². The van der Waals surface area contributed by atoms with Gasteiger partial charge in [0.15, 0.2) is 5.12 Å². The van der Waals surface area contributed by atoms with Gasteiger partial charge in [-0.1, -0.05) is 54.2 Å². The van der Waals surface area contributed by atoms with E-state index in [9.17, 15) is 19.5 Å². The number of hydrogen-bond acceptors (Lipinski definition) is 4. The Morgan fingerprint density at radius 3 is 2.32 bits per heavy atom. The van der Waals surface area contributed by atoms with E-state index in [2.05, 4.69) is 5.32 Å². The molecule has 1 atom stereocenters. The summed E-state index contributed by atoms with van der Waals surface area (Å²) >= 11 is 1.09. The third-order valence-corrected chi connectivity index (χ3v) is 4.57. The molecule has 0 aliphatic heterocycles. The van der Waals surface area contributed by atoms with Crippen LogP contribution in [0, 0.1) is 5.92 Å². The monoisotopic (exact) mass is 357 g/mol. The van der Waals surface area contributed by atoms with Crippen molar-refractivity contribution in [2.45, 2.75) is 13.3 Å². The Kier molecular flexibility index (Phi) is 6.77. The lowest BCUT2D eigenvalue weighted by atomic mass is 10.00. The van der Waals surface area contributed by atoms with E-state index in [-0.39, 0.29) is 22.3 Å². The van der Waals surface area contributed by atoms with Crippen molar-refractivity contribution in [1.29, 1.82) is 0 Å². The van der Waals surface area contributed by atoms with Gasteiger partial charge < -0.3 is 10.4 Å². The summed E-state index contributed by atoms with van der Waals surface area (Å²) in [6.07, 6.45) is 0.474. The maximum atomic E-state index is 12.7. The van der Waals surface area contributed by atoms with Crippen molar-refractivity contribution in [3.05, 3.63) is 65.7 Å². The zero-order chi connectivity index (χ0) is 18.2. The maximum absolute atomic E-state index is 12.7. The Morgan fingerprint density at radius 1 is 1.04 bits per heavy atom. The third-order valence-electron chi connectivity index (χ3n) is 3.60. The molecule has 0 radical (unpaired) electrons. The molecule has 6 heteroatoms. The van der Waals surface area contributed by atoms with E-state index in [4.69, 9.17) is 0 Å². The molecule has 2 N–H and O–H groups in total. The van der Waals surface area contributed by atoms with Crippen LogP contribution in [0.2, 0.25) is 0 Å². The SMILES string of the molecule is CC(=O)SCC(Cc1ccccc1)C(=O)Nc1ccccc1C(=O)O. The van der Waals surface area contributed by atoms with Gasteiger partial charge in [-0.3, -0.25) is 9.59 Å². The molecular weight excluding hydrogens is 338 g/mol. The van der Waals surface area contributed by atoms with Gasteiger partial charge in [0.05, 0.1) is 17.2 Å². The van der Waals surface area contributed by atoms with Crippen molar-refractivity contribution >= 4 is 34.4 Å². The predicted octanol–water partition coefficient (Wildman–Crippen LogP) is 3.46. The first-order chi connectivity index (χ1) is 12.0. The number of hydrogen-bond donors (Lipinski definition) is 2. The van der Waals surface area contributed by atoms with Gasteiger partial charge in [-0.15, -0.1) is 0 Å². The van der Waals surface area contributed by atoms with E-state index < -0.39 is 11.9 Å². The molecule has 5 nitrogen and oxygen atoms in total. The second-order valence-electron chi connectivity index (χ2n) is 5.53. The van der Waals surface area contributed by atoms with Gasteiger partial charge in [-0.25, -0.2) is 4.79 Å². The van der Waals surface area contributed by atoms with E-state index in [0.717, 1.165) is 17.3 Å². The minimum atomic E-state index is -1.10. The summed E-state index contributed by atoms with van der Waals surface area (Å²) in [5.74, 6) is -1.51. The predicted molar refractivity (Wildman–Crippen MR) is 98.8 cm³/mol. The van der Waals surface area contributed by atoms with E-state index in [1.807, 2.05) is 30.3 Å². The molecule has 0 fully saturated rings. The van der Waals surface area contributed by atoms with Crippen molar-refractivity contribution in [1.82, 2.24) is 0 Å². The van der Waals surface area contributed by atoms with Crippen LogP contribution in [0.3, 0.4) is 0 Å². The third kappa shape index (κ3) is 5.76. The number of para-hydroxylation sites is 1. The summed E-state index contributed by atoms with van der Waals surface area (Å²) in [4.78, 5) is 35.2. The van der Waals surface area contributed by atoms with Crippen molar-refractivity contribution in [3.8, 4) is 0 Å². The number of rotatable bonds is 7. The fourth-order valence-electron chi connectivity index (χ4n) is 2.36. The molecule has 2 aromatic rings. The second kappa shape index (κ2) is 9.03. The highest BCUT2D eigenvalue weighted by Gasteiger charge is 2.22. The van der Waals surface area contributed by atoms with Crippen molar-refractivity contribution in [2.75, 3.05) is 11.1 Å². The van der Waals surface area contributed by atoms with Crippen molar-refractivity contribution < 1.29 is 19.5 Å². The van der Waals surface area contributed by atoms with E-state index >= 15 is 0 Å². The molecule has 1 amide bonds. The fourth-order valence-corrected chi connectivity index (χ4v) is 3.06. The quantitative estimate of drug-likeness (QED) is 0.793. The highest BCUT2D eigenvalue weighted by atomic mass is 32.2. The zero-order valence-electron chi connectivity index (χ0n) is 13.8. The van der Waals surface area contributed by atoms with Crippen LogP contribution in [0.5, 0.6) is 0 Å². The molecule has 0 saturated heterocycles. The van der Waals surface area contributed by atoms with Gasteiger partial charge in [-0.2, -0.15) is 0 Å². The first-order valence-electron chi connectivity index (χ1n) is 7.78. The van der Waals surface area contributed by atoms with Crippen LogP contribution < -0.4 is 5.32 Å². The largest absolute Gasteiger partial charge is 0.478 e. The number of thioether (sulfide) groups is 1. The number of carboxylic acid groups (broad SMARTS) is 1. The van der Waals surface area contributed by atoms with Crippen LogP contribution in [0.25, 0.3) is 0 Å². The van der Waals surface area contributed by atoms with Gasteiger partial charge in [-0.05, 0) is 24.1 Å². The maximum Gasteiger partial charge on any atom is 0.337 e. The summed E-state index contributed by atoms with van der Waals surface area (Å²) in [7, 11) is 0. The Bertz CT molecular complexity index is 761. The molecule has 0 spiro atoms. The lowest BCUT2D eigenvalue weighted by molar-refractivity contribution is -0.119. The number of carbonyl (C=O) groups excluding carboxylic acids is 2. The molecule has 0 saturated carbocycles. The number of carbonyl (C=O) groups is 3. The van der Waals surface area contributed by atoms with Crippen LogP contribution in [-0.2, 0) is 16.0 Å². The number of carboxylic acids is 1. The normalized spacial score (nSPS) is 11.6. The topological polar surface area (TPSA) is 83.5 Å². The van der Waals surface area contributed by atoms with Crippen LogP contribution in [0.15, 0.2) is 54.6 Å². The summed E-state index contributed by atoms with van der Waals surface area (Å²) in [6.45, 7) is 1.46. The minimum absolute atomic E-state index is 0.0357. The molecule has 25 heavy (non-hydrogen) atoms. The molecule has 0 aliphatic rings. The van der Waals surface area contributed by atoms with Crippen LogP contribution in [0.4, 0.5) is 5.69 Å². The Hall–Kier alpha value is -2.60. The average molecular weight is 357 g/mol. The highest BCUT2D eigenvalue weighted by Crippen LogP contribution is 2.20. The van der Waals surface area contributed by atoms with Gasteiger partial charge in [0.2, 0.25) is 5.91 Å². The highest BCUT2D eigenvalue weighted by molar-refractivity contribution is 8.13. The van der Waals surface area contributed by atoms with Gasteiger partial charge >= 0.3 is 5.97 Å². The van der Waals surface area contributed by atoms with Crippen LogP contribution in [0.1, 0.15) is 22.8 Å². The summed E-state index contributed by atoms with van der Waals surface area (Å²) < 4.78 is 0. The number of amides is 1. The van der Waals surface area contributed by atoms with Gasteiger partial charge in [0, 0.05) is 12.7 Å². The Balaban J connectivity index is 2.17.